The summed E-state index contributed by atoms with van der Waals surface area (Å²) >= 11 is 0. The van der Waals surface area contributed by atoms with Crippen molar-refractivity contribution in [2.24, 2.45) is 0 Å². The molecule has 116 valence electrons. The number of hydrogen-bond donors (Lipinski definition) is 0. The molecule has 22 heavy (non-hydrogen) atoms. The summed E-state index contributed by atoms with van der Waals surface area (Å²) in [7, 11) is 3.09. The summed E-state index contributed by atoms with van der Waals surface area (Å²) in [6, 6.07) is 13.2. The summed E-state index contributed by atoms with van der Waals surface area (Å²) in [6.45, 7) is 2.22. The molecular formula is C18H20O4. The van der Waals surface area contributed by atoms with E-state index in [1.807, 2.05) is 37.3 Å². The Hall–Kier alpha value is -2.49. The number of benzene rings is 2. The van der Waals surface area contributed by atoms with E-state index in [9.17, 15) is 4.79 Å². The molecule has 4 heteroatoms. The molecule has 0 aliphatic rings. The van der Waals surface area contributed by atoms with Gasteiger partial charge in [-0.2, -0.15) is 0 Å². The molecule has 0 N–H and O–H groups in total. The maximum Gasteiger partial charge on any atom is 0.203 e. The summed E-state index contributed by atoms with van der Waals surface area (Å²) in [5, 5.41) is 0. The molecule has 0 heterocycles. The van der Waals surface area contributed by atoms with Gasteiger partial charge >= 0.3 is 0 Å². The van der Waals surface area contributed by atoms with Gasteiger partial charge in [0.05, 0.1) is 14.2 Å². The van der Waals surface area contributed by atoms with Crippen molar-refractivity contribution >= 4 is 5.78 Å². The highest BCUT2D eigenvalue weighted by Gasteiger charge is 2.17. The van der Waals surface area contributed by atoms with Gasteiger partial charge in [-0.3, -0.25) is 4.79 Å². The third-order valence-corrected chi connectivity index (χ3v) is 3.33. The molecule has 0 bridgehead atoms. The largest absolute Gasteiger partial charge is 0.493 e. The molecule has 0 aliphatic heterocycles. The standard InChI is InChI=1S/C18H20O4/c1-4-15(19)14-10-16(20-2)18(17(11-14)21-3)22-12-13-8-6-5-7-9-13/h5-11H,4,12H2,1-3H3. The third-order valence-electron chi connectivity index (χ3n) is 3.33. The molecule has 0 radical (unpaired) electrons. The number of hydrogen-bond acceptors (Lipinski definition) is 4. The van der Waals surface area contributed by atoms with Crippen molar-refractivity contribution < 1.29 is 19.0 Å². The van der Waals surface area contributed by atoms with Gasteiger partial charge in [-0.1, -0.05) is 37.3 Å². The molecule has 0 amide bonds. The Morgan fingerprint density at radius 2 is 1.59 bits per heavy atom. The molecule has 4 nitrogen and oxygen atoms in total. The Balaban J connectivity index is 2.31. The molecule has 2 aromatic carbocycles. The third kappa shape index (κ3) is 3.58. The van der Waals surface area contributed by atoms with Gasteiger partial charge in [-0.15, -0.1) is 0 Å². The van der Waals surface area contributed by atoms with E-state index in [-0.39, 0.29) is 5.78 Å². The second kappa shape index (κ2) is 7.50. The van der Waals surface area contributed by atoms with Crippen molar-refractivity contribution in [1.82, 2.24) is 0 Å². The lowest BCUT2D eigenvalue weighted by Crippen LogP contribution is -2.03. The smallest absolute Gasteiger partial charge is 0.203 e. The van der Waals surface area contributed by atoms with Crippen molar-refractivity contribution in [1.29, 1.82) is 0 Å². The average molecular weight is 300 g/mol. The van der Waals surface area contributed by atoms with Crippen LogP contribution in [0.1, 0.15) is 29.3 Å². The van der Waals surface area contributed by atoms with Gasteiger partial charge in [0, 0.05) is 12.0 Å². The predicted molar refractivity (Wildman–Crippen MR) is 84.9 cm³/mol. The van der Waals surface area contributed by atoms with E-state index in [0.717, 1.165) is 5.56 Å². The summed E-state index contributed by atoms with van der Waals surface area (Å²) in [6.07, 6.45) is 0.427. The van der Waals surface area contributed by atoms with Crippen LogP contribution in [0.3, 0.4) is 0 Å². The number of ketones is 1. The average Bonchev–Trinajstić information content (AvgIpc) is 2.59. The number of ether oxygens (including phenoxy) is 3. The van der Waals surface area contributed by atoms with Crippen LogP contribution in [0.4, 0.5) is 0 Å². The molecule has 0 spiro atoms. The van der Waals surface area contributed by atoms with Crippen LogP contribution in [-0.4, -0.2) is 20.0 Å². The van der Waals surface area contributed by atoms with Gasteiger partial charge in [-0.05, 0) is 17.7 Å². The van der Waals surface area contributed by atoms with Crippen molar-refractivity contribution in [3.63, 3.8) is 0 Å². The molecule has 2 aromatic rings. The van der Waals surface area contributed by atoms with E-state index in [4.69, 9.17) is 14.2 Å². The fraction of sp³-hybridized carbons (Fsp3) is 0.278. The maximum absolute atomic E-state index is 11.9. The first-order valence-electron chi connectivity index (χ1n) is 7.15. The molecule has 0 saturated carbocycles. The highest BCUT2D eigenvalue weighted by molar-refractivity contribution is 5.97. The van der Waals surface area contributed by atoms with E-state index in [2.05, 4.69) is 0 Å². The zero-order valence-electron chi connectivity index (χ0n) is 13.1. The predicted octanol–water partition coefficient (Wildman–Crippen LogP) is 3.88. The lowest BCUT2D eigenvalue weighted by Gasteiger charge is -2.15. The van der Waals surface area contributed by atoms with Crippen LogP contribution in [0, 0.1) is 0 Å². The second-order valence-corrected chi connectivity index (χ2v) is 4.76. The fourth-order valence-corrected chi connectivity index (χ4v) is 2.12. The Bertz CT molecular complexity index is 610. The van der Waals surface area contributed by atoms with Gasteiger partial charge < -0.3 is 14.2 Å². The molecule has 0 fully saturated rings. The van der Waals surface area contributed by atoms with E-state index in [1.165, 1.54) is 0 Å². The SMILES string of the molecule is CCC(=O)c1cc(OC)c(OCc2ccccc2)c(OC)c1. The topological polar surface area (TPSA) is 44.8 Å². The summed E-state index contributed by atoms with van der Waals surface area (Å²) in [5.41, 5.74) is 1.60. The molecule has 0 aromatic heterocycles. The highest BCUT2D eigenvalue weighted by Crippen LogP contribution is 2.39. The van der Waals surface area contributed by atoms with E-state index >= 15 is 0 Å². The van der Waals surface area contributed by atoms with Crippen LogP contribution in [-0.2, 0) is 6.61 Å². The van der Waals surface area contributed by atoms with Crippen LogP contribution in [0.2, 0.25) is 0 Å². The quantitative estimate of drug-likeness (QED) is 0.728. The molecule has 0 unspecified atom stereocenters. The normalized spacial score (nSPS) is 10.1. The highest BCUT2D eigenvalue weighted by atomic mass is 16.5. The number of carbonyl (C=O) groups is 1. The van der Waals surface area contributed by atoms with Crippen LogP contribution in [0.5, 0.6) is 17.2 Å². The summed E-state index contributed by atoms with van der Waals surface area (Å²) in [4.78, 5) is 11.9. The van der Waals surface area contributed by atoms with Crippen LogP contribution in [0.15, 0.2) is 42.5 Å². The summed E-state index contributed by atoms with van der Waals surface area (Å²) < 4.78 is 16.6. The number of Topliss-reactive ketones (excluding diaryl/α,β-unsaturated/α-hetero) is 1. The Morgan fingerprint density at radius 3 is 2.09 bits per heavy atom. The number of rotatable bonds is 7. The Morgan fingerprint density at radius 1 is 1.00 bits per heavy atom. The zero-order chi connectivity index (χ0) is 15.9. The van der Waals surface area contributed by atoms with Gasteiger partial charge in [0.2, 0.25) is 5.75 Å². The molecule has 0 saturated heterocycles. The molecule has 0 atom stereocenters. The molecular weight excluding hydrogens is 280 g/mol. The first-order valence-corrected chi connectivity index (χ1v) is 7.15. The van der Waals surface area contributed by atoms with E-state index < -0.39 is 0 Å². The van der Waals surface area contributed by atoms with Crippen molar-refractivity contribution in [3.8, 4) is 17.2 Å². The summed E-state index contributed by atoms with van der Waals surface area (Å²) in [5.74, 6) is 1.52. The van der Waals surface area contributed by atoms with Crippen molar-refractivity contribution in [2.75, 3.05) is 14.2 Å². The van der Waals surface area contributed by atoms with Crippen LogP contribution < -0.4 is 14.2 Å². The van der Waals surface area contributed by atoms with Gasteiger partial charge in [0.15, 0.2) is 17.3 Å². The molecule has 0 aliphatic carbocycles. The monoisotopic (exact) mass is 300 g/mol. The zero-order valence-corrected chi connectivity index (χ0v) is 13.1. The van der Waals surface area contributed by atoms with Gasteiger partial charge in [0.1, 0.15) is 6.61 Å². The van der Waals surface area contributed by atoms with Crippen LogP contribution in [0.25, 0.3) is 0 Å². The lowest BCUT2D eigenvalue weighted by atomic mass is 10.1. The first kappa shape index (κ1) is 15.9. The fourth-order valence-electron chi connectivity index (χ4n) is 2.12. The Labute approximate surface area is 130 Å². The van der Waals surface area contributed by atoms with Gasteiger partial charge in [-0.25, -0.2) is 0 Å². The minimum atomic E-state index is 0.0335. The van der Waals surface area contributed by atoms with Gasteiger partial charge in [0.25, 0.3) is 0 Å². The van der Waals surface area contributed by atoms with Crippen molar-refractivity contribution in [2.45, 2.75) is 20.0 Å². The number of carbonyl (C=O) groups excluding carboxylic acids is 1. The first-order chi connectivity index (χ1) is 10.7. The number of methoxy groups -OCH3 is 2. The van der Waals surface area contributed by atoms with Crippen LogP contribution >= 0.6 is 0 Å². The maximum atomic E-state index is 11.9. The lowest BCUT2D eigenvalue weighted by molar-refractivity contribution is 0.0987. The minimum Gasteiger partial charge on any atom is -0.493 e. The minimum absolute atomic E-state index is 0.0335. The molecule has 2 rings (SSSR count). The Kier molecular flexibility index (Phi) is 5.42. The second-order valence-electron chi connectivity index (χ2n) is 4.76. The van der Waals surface area contributed by atoms with E-state index in [0.29, 0.717) is 35.8 Å². The van der Waals surface area contributed by atoms with E-state index in [1.54, 1.807) is 26.4 Å². The van der Waals surface area contributed by atoms with Crippen molar-refractivity contribution in [3.05, 3.63) is 53.6 Å².